The molecule has 1 aliphatic rings. The monoisotopic (exact) mass is 204 g/mol. The molecule has 0 radical (unpaired) electrons. The molecular formula is C11H9ClN2. The molecule has 3 heteroatoms. The minimum Gasteiger partial charge on any atom is -0.384 e. The molecule has 0 aliphatic carbocycles. The Morgan fingerprint density at radius 1 is 1.50 bits per heavy atom. The van der Waals surface area contributed by atoms with Crippen LogP contribution in [-0.2, 0) is 6.42 Å². The number of hydrogen-bond acceptors (Lipinski definition) is 2. The second kappa shape index (κ2) is 3.73. The van der Waals surface area contributed by atoms with E-state index in [4.69, 9.17) is 16.9 Å². The van der Waals surface area contributed by atoms with E-state index in [2.05, 4.69) is 5.32 Å². The Labute approximate surface area is 87.8 Å². The fraction of sp³-hybridized carbons (Fsp3) is 0.182. The molecule has 0 amide bonds. The van der Waals surface area contributed by atoms with Crippen LogP contribution in [0.1, 0.15) is 11.1 Å². The molecule has 0 saturated heterocycles. The Kier molecular flexibility index (Phi) is 2.43. The second-order valence-electron chi connectivity index (χ2n) is 3.17. The van der Waals surface area contributed by atoms with E-state index < -0.39 is 0 Å². The van der Waals surface area contributed by atoms with Gasteiger partial charge in [0.05, 0.1) is 11.8 Å². The lowest BCUT2D eigenvalue weighted by Gasteiger charge is -2.20. The van der Waals surface area contributed by atoms with Crippen LogP contribution in [0.25, 0.3) is 5.70 Å². The van der Waals surface area contributed by atoms with Crippen molar-refractivity contribution in [3.63, 3.8) is 0 Å². The largest absolute Gasteiger partial charge is 0.384 e. The topological polar surface area (TPSA) is 35.8 Å². The quantitative estimate of drug-likeness (QED) is 0.659. The van der Waals surface area contributed by atoms with E-state index in [-0.39, 0.29) is 0 Å². The third-order valence-electron chi connectivity index (χ3n) is 2.28. The van der Waals surface area contributed by atoms with Crippen molar-refractivity contribution >= 4 is 17.3 Å². The Morgan fingerprint density at radius 3 is 3.14 bits per heavy atom. The summed E-state index contributed by atoms with van der Waals surface area (Å²) in [6, 6.07) is 7.83. The zero-order valence-electron chi connectivity index (χ0n) is 7.55. The number of halogens is 1. The smallest absolute Gasteiger partial charge is 0.0933 e. The van der Waals surface area contributed by atoms with E-state index in [9.17, 15) is 0 Å². The van der Waals surface area contributed by atoms with Crippen molar-refractivity contribution in [1.82, 2.24) is 5.32 Å². The second-order valence-corrected chi connectivity index (χ2v) is 3.60. The summed E-state index contributed by atoms with van der Waals surface area (Å²) in [4.78, 5) is 0. The van der Waals surface area contributed by atoms with Gasteiger partial charge in [-0.1, -0.05) is 17.7 Å². The predicted molar refractivity (Wildman–Crippen MR) is 56.7 cm³/mol. The molecule has 0 spiro atoms. The molecule has 1 aromatic carbocycles. The first-order valence-electron chi connectivity index (χ1n) is 4.44. The number of allylic oxidation sites excluding steroid dienone is 1. The summed E-state index contributed by atoms with van der Waals surface area (Å²) in [5, 5.41) is 12.5. The van der Waals surface area contributed by atoms with Crippen molar-refractivity contribution in [3.05, 3.63) is 40.4 Å². The van der Waals surface area contributed by atoms with Gasteiger partial charge in [0.1, 0.15) is 0 Å². The lowest BCUT2D eigenvalue weighted by Crippen LogP contribution is -2.22. The molecule has 1 aromatic rings. The van der Waals surface area contributed by atoms with E-state index in [0.717, 1.165) is 24.2 Å². The first kappa shape index (κ1) is 9.11. The van der Waals surface area contributed by atoms with Crippen LogP contribution in [0.5, 0.6) is 0 Å². The Balaban J connectivity index is 2.53. The lowest BCUT2D eigenvalue weighted by molar-refractivity contribution is 0.814. The fourth-order valence-electron chi connectivity index (χ4n) is 1.64. The van der Waals surface area contributed by atoms with Crippen molar-refractivity contribution in [3.8, 4) is 6.07 Å². The van der Waals surface area contributed by atoms with Crippen LogP contribution in [0.15, 0.2) is 24.3 Å². The SMILES string of the molecule is N#C/C=C1/NCCc2ccc(Cl)cc21. The molecule has 1 heterocycles. The van der Waals surface area contributed by atoms with Crippen LogP contribution in [0.4, 0.5) is 0 Å². The van der Waals surface area contributed by atoms with Crippen LogP contribution in [0.2, 0.25) is 5.02 Å². The normalized spacial score (nSPS) is 17.0. The van der Waals surface area contributed by atoms with Gasteiger partial charge in [0.2, 0.25) is 0 Å². The lowest BCUT2D eigenvalue weighted by atomic mass is 9.98. The summed E-state index contributed by atoms with van der Waals surface area (Å²) in [6.07, 6.45) is 2.50. The molecule has 1 N–H and O–H groups in total. The van der Waals surface area contributed by atoms with Crippen molar-refractivity contribution in [2.24, 2.45) is 0 Å². The third kappa shape index (κ3) is 1.59. The average Bonchev–Trinajstić information content (AvgIpc) is 2.19. The van der Waals surface area contributed by atoms with Gasteiger partial charge in [0.15, 0.2) is 0 Å². The summed E-state index contributed by atoms with van der Waals surface area (Å²) in [5.41, 5.74) is 3.16. The molecule has 0 saturated carbocycles. The maximum atomic E-state index is 8.61. The van der Waals surface area contributed by atoms with Crippen LogP contribution >= 0.6 is 11.6 Å². The molecule has 2 rings (SSSR count). The summed E-state index contributed by atoms with van der Waals surface area (Å²) in [5.74, 6) is 0. The Bertz CT molecular complexity index is 429. The first-order valence-corrected chi connectivity index (χ1v) is 4.81. The van der Waals surface area contributed by atoms with Gasteiger partial charge in [-0.05, 0) is 24.1 Å². The van der Waals surface area contributed by atoms with Gasteiger partial charge >= 0.3 is 0 Å². The molecule has 0 aromatic heterocycles. The van der Waals surface area contributed by atoms with Crippen LogP contribution in [0.3, 0.4) is 0 Å². The molecule has 0 atom stereocenters. The fourth-order valence-corrected chi connectivity index (χ4v) is 1.81. The zero-order chi connectivity index (χ0) is 9.97. The number of benzene rings is 1. The summed E-state index contributed by atoms with van der Waals surface area (Å²) in [7, 11) is 0. The van der Waals surface area contributed by atoms with Crippen LogP contribution in [-0.4, -0.2) is 6.54 Å². The van der Waals surface area contributed by atoms with Gasteiger partial charge < -0.3 is 5.32 Å². The van der Waals surface area contributed by atoms with Gasteiger partial charge in [0.25, 0.3) is 0 Å². The predicted octanol–water partition coefficient (Wildman–Crippen LogP) is 2.35. The molecule has 0 unspecified atom stereocenters. The highest BCUT2D eigenvalue weighted by atomic mass is 35.5. The van der Waals surface area contributed by atoms with E-state index >= 15 is 0 Å². The summed E-state index contributed by atoms with van der Waals surface area (Å²) in [6.45, 7) is 0.877. The molecular weight excluding hydrogens is 196 g/mol. The van der Waals surface area contributed by atoms with Crippen molar-refractivity contribution in [2.45, 2.75) is 6.42 Å². The van der Waals surface area contributed by atoms with Crippen molar-refractivity contribution in [2.75, 3.05) is 6.54 Å². The van der Waals surface area contributed by atoms with Gasteiger partial charge in [-0.15, -0.1) is 0 Å². The number of nitrogens with zero attached hydrogens (tertiary/aromatic N) is 1. The molecule has 14 heavy (non-hydrogen) atoms. The minimum atomic E-state index is 0.705. The van der Waals surface area contributed by atoms with Crippen molar-refractivity contribution in [1.29, 1.82) is 5.26 Å². The maximum Gasteiger partial charge on any atom is 0.0933 e. The Hall–Kier alpha value is -1.46. The van der Waals surface area contributed by atoms with E-state index in [0.29, 0.717) is 5.02 Å². The van der Waals surface area contributed by atoms with Gasteiger partial charge in [-0.2, -0.15) is 5.26 Å². The van der Waals surface area contributed by atoms with E-state index in [1.54, 1.807) is 0 Å². The number of nitrogens with one attached hydrogen (secondary N) is 1. The van der Waals surface area contributed by atoms with Gasteiger partial charge in [-0.25, -0.2) is 0 Å². The van der Waals surface area contributed by atoms with Crippen LogP contribution in [0, 0.1) is 11.3 Å². The number of fused-ring (bicyclic) bond motifs is 1. The highest BCUT2D eigenvalue weighted by molar-refractivity contribution is 6.30. The van der Waals surface area contributed by atoms with E-state index in [1.807, 2.05) is 24.3 Å². The number of hydrogen-bond donors (Lipinski definition) is 1. The van der Waals surface area contributed by atoms with Crippen molar-refractivity contribution < 1.29 is 0 Å². The highest BCUT2D eigenvalue weighted by Gasteiger charge is 2.13. The number of rotatable bonds is 0. The average molecular weight is 205 g/mol. The van der Waals surface area contributed by atoms with Gasteiger partial charge in [0, 0.05) is 23.2 Å². The Morgan fingerprint density at radius 2 is 2.36 bits per heavy atom. The first-order chi connectivity index (χ1) is 6.81. The zero-order valence-corrected chi connectivity index (χ0v) is 8.30. The molecule has 70 valence electrons. The van der Waals surface area contributed by atoms with E-state index in [1.165, 1.54) is 11.6 Å². The number of nitriles is 1. The molecule has 0 fully saturated rings. The van der Waals surface area contributed by atoms with Gasteiger partial charge in [-0.3, -0.25) is 0 Å². The minimum absolute atomic E-state index is 0.705. The molecule has 0 bridgehead atoms. The maximum absolute atomic E-state index is 8.61. The highest BCUT2D eigenvalue weighted by Crippen LogP contribution is 2.24. The summed E-state index contributed by atoms with van der Waals surface area (Å²) < 4.78 is 0. The molecule has 1 aliphatic heterocycles. The third-order valence-corrected chi connectivity index (χ3v) is 2.52. The molecule has 2 nitrogen and oxygen atoms in total. The summed E-state index contributed by atoms with van der Waals surface area (Å²) >= 11 is 5.90. The standard InChI is InChI=1S/C11H9ClN2/c12-9-2-1-8-4-6-14-11(3-5-13)10(8)7-9/h1-3,7,14H,4,6H2/b11-3+. The van der Waals surface area contributed by atoms with Crippen LogP contribution < -0.4 is 5.32 Å².